The Bertz CT molecular complexity index is 1220. The Balaban J connectivity index is 1.41. The van der Waals surface area contributed by atoms with E-state index in [1.54, 1.807) is 6.07 Å². The number of nitrogens with one attached hydrogen (secondary N) is 2. The Morgan fingerprint density at radius 1 is 1.08 bits per heavy atom. The number of aliphatic imine (C=N–C) groups is 2. The van der Waals surface area contributed by atoms with Crippen molar-refractivity contribution in [1.82, 2.24) is 15.5 Å². The molecule has 4 rings (SSSR count). The van der Waals surface area contributed by atoms with Gasteiger partial charge in [0.2, 0.25) is 11.8 Å². The van der Waals surface area contributed by atoms with Crippen molar-refractivity contribution in [3.8, 4) is 0 Å². The molecule has 0 saturated heterocycles. The summed E-state index contributed by atoms with van der Waals surface area (Å²) in [7, 11) is 0. The number of fused-ring (bicyclic) bond motifs is 3. The maximum absolute atomic E-state index is 13.3. The lowest BCUT2D eigenvalue weighted by Gasteiger charge is -2.25. The first-order valence-electron chi connectivity index (χ1n) is 12.0. The number of para-hydroxylation sites is 1. The van der Waals surface area contributed by atoms with Crippen molar-refractivity contribution in [2.24, 2.45) is 9.98 Å². The van der Waals surface area contributed by atoms with Crippen molar-refractivity contribution >= 4 is 57.8 Å². The number of thioether (sulfide) groups is 1. The second-order valence-electron chi connectivity index (χ2n) is 8.45. The Hall–Kier alpha value is -3.17. The van der Waals surface area contributed by atoms with Crippen molar-refractivity contribution < 1.29 is 14.4 Å². The van der Waals surface area contributed by atoms with Gasteiger partial charge in [-0.25, -0.2) is 9.89 Å². The van der Waals surface area contributed by atoms with Crippen LogP contribution < -0.4 is 10.6 Å². The molecule has 0 fully saturated rings. The quantitative estimate of drug-likeness (QED) is 0.457. The fourth-order valence-electron chi connectivity index (χ4n) is 3.86. The van der Waals surface area contributed by atoms with Crippen molar-refractivity contribution in [2.45, 2.75) is 45.2 Å². The molecule has 2 heterocycles. The van der Waals surface area contributed by atoms with E-state index < -0.39 is 6.04 Å². The standard InChI is InChI=1S/C26H28ClN5O3S/c1-2-3-14-28-22(33)13-12-21-25(35)32-24(30-21)18-9-5-7-11-20(18)31-26(32)36-16-23(34)29-15-17-8-4-6-10-19(17)27/h4-11,21H,2-3,12-16H2,1H3,(H,28,33)(H,29,34)/t21-/m0/s1. The van der Waals surface area contributed by atoms with E-state index in [-0.39, 0.29) is 29.9 Å². The van der Waals surface area contributed by atoms with E-state index in [4.69, 9.17) is 11.6 Å². The zero-order chi connectivity index (χ0) is 25.5. The second kappa shape index (κ2) is 12.2. The fourth-order valence-corrected chi connectivity index (χ4v) is 4.90. The van der Waals surface area contributed by atoms with Gasteiger partial charge in [0.05, 0.1) is 11.4 Å². The predicted octanol–water partition coefficient (Wildman–Crippen LogP) is 4.04. The third kappa shape index (κ3) is 6.14. The van der Waals surface area contributed by atoms with E-state index in [0.29, 0.717) is 41.2 Å². The summed E-state index contributed by atoms with van der Waals surface area (Å²) in [5.41, 5.74) is 2.28. The molecule has 0 aliphatic carbocycles. The minimum absolute atomic E-state index is 0.0764. The van der Waals surface area contributed by atoms with Gasteiger partial charge in [-0.3, -0.25) is 19.4 Å². The summed E-state index contributed by atoms with van der Waals surface area (Å²) in [5.74, 6) is 0.0733. The van der Waals surface area contributed by atoms with Gasteiger partial charge in [-0.2, -0.15) is 0 Å². The van der Waals surface area contributed by atoms with E-state index >= 15 is 0 Å². The molecule has 0 bridgehead atoms. The average Bonchev–Trinajstić information content (AvgIpc) is 3.22. The van der Waals surface area contributed by atoms with Crippen LogP contribution in [0.2, 0.25) is 5.02 Å². The number of amidine groups is 2. The van der Waals surface area contributed by atoms with Gasteiger partial charge in [0.15, 0.2) is 5.17 Å². The molecular formula is C26H28ClN5O3S. The molecule has 10 heteroatoms. The van der Waals surface area contributed by atoms with E-state index in [1.807, 2.05) is 42.5 Å². The van der Waals surface area contributed by atoms with Crippen molar-refractivity contribution in [1.29, 1.82) is 0 Å². The average molecular weight is 526 g/mol. The van der Waals surface area contributed by atoms with E-state index in [0.717, 1.165) is 24.0 Å². The minimum atomic E-state index is -0.664. The molecule has 2 aliphatic rings. The topological polar surface area (TPSA) is 103 Å². The molecule has 2 aromatic carbocycles. The number of nitrogens with zero attached hydrogens (tertiary/aromatic N) is 3. The van der Waals surface area contributed by atoms with E-state index in [2.05, 4.69) is 27.5 Å². The van der Waals surface area contributed by atoms with Crippen LogP contribution in [-0.4, -0.2) is 52.0 Å². The number of carbonyl (C=O) groups excluding carboxylic acids is 3. The van der Waals surface area contributed by atoms with Crippen LogP contribution in [0, 0.1) is 0 Å². The molecule has 0 unspecified atom stereocenters. The van der Waals surface area contributed by atoms with E-state index in [9.17, 15) is 14.4 Å². The highest BCUT2D eigenvalue weighted by molar-refractivity contribution is 8.14. The molecule has 1 atom stereocenters. The lowest BCUT2D eigenvalue weighted by molar-refractivity contribution is -0.125. The normalized spacial score (nSPS) is 16.1. The number of amides is 3. The van der Waals surface area contributed by atoms with Crippen LogP contribution in [0.4, 0.5) is 5.69 Å². The first-order chi connectivity index (χ1) is 17.5. The molecular weight excluding hydrogens is 498 g/mol. The van der Waals surface area contributed by atoms with Crippen LogP contribution >= 0.6 is 23.4 Å². The number of hydrogen-bond acceptors (Lipinski definition) is 6. The van der Waals surface area contributed by atoms with Crippen LogP contribution in [0.25, 0.3) is 0 Å². The predicted molar refractivity (Wildman–Crippen MR) is 144 cm³/mol. The van der Waals surface area contributed by atoms with Gasteiger partial charge in [-0.1, -0.05) is 67.0 Å². The molecule has 0 saturated carbocycles. The Kier molecular flexibility index (Phi) is 8.77. The molecule has 0 radical (unpaired) electrons. The summed E-state index contributed by atoms with van der Waals surface area (Å²) in [6.45, 7) is 3.01. The molecule has 3 amide bonds. The monoisotopic (exact) mass is 525 g/mol. The third-order valence-corrected chi connectivity index (χ3v) is 7.12. The third-order valence-electron chi connectivity index (χ3n) is 5.81. The second-order valence-corrected chi connectivity index (χ2v) is 9.80. The summed E-state index contributed by atoms with van der Waals surface area (Å²) in [6.07, 6.45) is 2.46. The van der Waals surface area contributed by atoms with Gasteiger partial charge in [0.25, 0.3) is 5.91 Å². The molecule has 0 spiro atoms. The van der Waals surface area contributed by atoms with Crippen molar-refractivity contribution in [3.63, 3.8) is 0 Å². The highest BCUT2D eigenvalue weighted by Gasteiger charge is 2.41. The molecule has 188 valence electrons. The number of hydrogen-bond donors (Lipinski definition) is 2. The lowest BCUT2D eigenvalue weighted by Crippen LogP contribution is -2.41. The molecule has 8 nitrogen and oxygen atoms in total. The number of halogens is 1. The molecule has 2 aliphatic heterocycles. The van der Waals surface area contributed by atoms with Crippen LogP contribution in [0.5, 0.6) is 0 Å². The summed E-state index contributed by atoms with van der Waals surface area (Å²) in [4.78, 5) is 48.8. The van der Waals surface area contributed by atoms with Crippen molar-refractivity contribution in [3.05, 3.63) is 64.7 Å². The lowest BCUT2D eigenvalue weighted by atomic mass is 10.1. The number of unbranched alkanes of at least 4 members (excludes halogenated alkanes) is 1. The van der Waals surface area contributed by atoms with Gasteiger partial charge in [0, 0.05) is 30.1 Å². The maximum Gasteiger partial charge on any atom is 0.259 e. The SMILES string of the molecule is CCCCNC(=O)CC[C@@H]1N=C2c3ccccc3N=C(SCC(=O)NCc3ccccc3Cl)N2C1=O. The number of benzene rings is 2. The summed E-state index contributed by atoms with van der Waals surface area (Å²) in [6, 6.07) is 14.1. The van der Waals surface area contributed by atoms with Crippen LogP contribution in [0.3, 0.4) is 0 Å². The maximum atomic E-state index is 13.3. The minimum Gasteiger partial charge on any atom is -0.356 e. The van der Waals surface area contributed by atoms with Crippen LogP contribution in [0.15, 0.2) is 58.5 Å². The van der Waals surface area contributed by atoms with Gasteiger partial charge >= 0.3 is 0 Å². The van der Waals surface area contributed by atoms with Crippen LogP contribution in [0.1, 0.15) is 43.7 Å². The molecule has 36 heavy (non-hydrogen) atoms. The number of rotatable bonds is 10. The Morgan fingerprint density at radius 3 is 2.67 bits per heavy atom. The molecule has 2 N–H and O–H groups in total. The van der Waals surface area contributed by atoms with Crippen LogP contribution in [-0.2, 0) is 20.9 Å². The smallest absolute Gasteiger partial charge is 0.259 e. The van der Waals surface area contributed by atoms with E-state index in [1.165, 1.54) is 16.7 Å². The summed E-state index contributed by atoms with van der Waals surface area (Å²) >= 11 is 7.34. The molecule has 0 aromatic heterocycles. The van der Waals surface area contributed by atoms with Gasteiger partial charge < -0.3 is 10.6 Å². The fraction of sp³-hybridized carbons (Fsp3) is 0.346. The number of carbonyl (C=O) groups is 3. The highest BCUT2D eigenvalue weighted by Crippen LogP contribution is 2.34. The first-order valence-corrected chi connectivity index (χ1v) is 13.3. The summed E-state index contributed by atoms with van der Waals surface area (Å²) < 4.78 is 0. The zero-order valence-electron chi connectivity index (χ0n) is 20.0. The van der Waals surface area contributed by atoms with Gasteiger partial charge in [-0.15, -0.1) is 0 Å². The first kappa shape index (κ1) is 25.9. The Morgan fingerprint density at radius 2 is 1.86 bits per heavy atom. The highest BCUT2D eigenvalue weighted by atomic mass is 35.5. The van der Waals surface area contributed by atoms with Gasteiger partial charge in [0.1, 0.15) is 11.9 Å². The largest absolute Gasteiger partial charge is 0.356 e. The Labute approximate surface area is 219 Å². The molecule has 2 aromatic rings. The van der Waals surface area contributed by atoms with Gasteiger partial charge in [-0.05, 0) is 36.6 Å². The zero-order valence-corrected chi connectivity index (χ0v) is 21.6. The van der Waals surface area contributed by atoms with Crippen molar-refractivity contribution in [2.75, 3.05) is 12.3 Å². The summed E-state index contributed by atoms with van der Waals surface area (Å²) in [5, 5.41) is 6.72.